The molecule has 70 heavy (non-hydrogen) atoms. The molecule has 0 saturated heterocycles. The molecule has 1 spiro atoms. The average Bonchev–Trinajstić information content (AvgIpc) is 4.23. The van der Waals surface area contributed by atoms with Gasteiger partial charge < -0.3 is 4.90 Å². The lowest BCUT2D eigenvalue weighted by molar-refractivity contribution is 0.420. The zero-order chi connectivity index (χ0) is 46.3. The first kappa shape index (κ1) is 40.2. The van der Waals surface area contributed by atoms with Crippen LogP contribution in [0.5, 0.6) is 0 Å². The van der Waals surface area contributed by atoms with Crippen LogP contribution in [-0.4, -0.2) is 0 Å². The Balaban J connectivity index is 1.02. The van der Waals surface area contributed by atoms with Gasteiger partial charge in [0.2, 0.25) is 0 Å². The lowest BCUT2D eigenvalue weighted by Gasteiger charge is -2.34. The molecule has 1 nitrogen and oxygen atoms in total. The SMILES string of the molecule is CC1(C)c2ccccc2-c2c(N(c3ccc4c(c3)C3(c5ccccc5-c5ccccc53)c3ccc(C5CC6CCC5C6)cc3-4)c3ccccc3-c3cccc4cccc(-c5ccccc5)c34)cccc21. The van der Waals surface area contributed by atoms with Crippen molar-refractivity contribution in [1.29, 1.82) is 0 Å². The van der Waals surface area contributed by atoms with Gasteiger partial charge in [-0.05, 0) is 156 Å². The summed E-state index contributed by atoms with van der Waals surface area (Å²) in [6.45, 7) is 4.80. The predicted octanol–water partition coefficient (Wildman–Crippen LogP) is 18.2. The summed E-state index contributed by atoms with van der Waals surface area (Å²) in [4.78, 5) is 2.63. The number of hydrogen-bond acceptors (Lipinski definition) is 1. The molecule has 3 unspecified atom stereocenters. The van der Waals surface area contributed by atoms with E-state index in [1.165, 1.54) is 131 Å². The normalized spacial score (nSPS) is 18.9. The topological polar surface area (TPSA) is 3.24 Å². The van der Waals surface area contributed by atoms with Gasteiger partial charge in [0, 0.05) is 22.2 Å². The van der Waals surface area contributed by atoms with Crippen molar-refractivity contribution in [3.8, 4) is 55.6 Å². The summed E-state index contributed by atoms with van der Waals surface area (Å²) in [5, 5.41) is 2.50. The van der Waals surface area contributed by atoms with Crippen LogP contribution < -0.4 is 4.90 Å². The Morgan fingerprint density at radius 1 is 0.400 bits per heavy atom. The Morgan fingerprint density at radius 2 is 1.00 bits per heavy atom. The van der Waals surface area contributed by atoms with Crippen LogP contribution in [0, 0.1) is 11.8 Å². The highest BCUT2D eigenvalue weighted by Crippen LogP contribution is 2.65. The van der Waals surface area contributed by atoms with E-state index in [4.69, 9.17) is 0 Å². The first-order valence-corrected chi connectivity index (χ1v) is 25.7. The fourth-order valence-electron chi connectivity index (χ4n) is 14.8. The molecule has 0 heterocycles. The molecule has 0 amide bonds. The Hall–Kier alpha value is -7.74. The van der Waals surface area contributed by atoms with Crippen molar-refractivity contribution in [3.05, 3.63) is 257 Å². The van der Waals surface area contributed by atoms with Crippen LogP contribution in [0.3, 0.4) is 0 Å². The second-order valence-corrected chi connectivity index (χ2v) is 21.5. The van der Waals surface area contributed by atoms with Gasteiger partial charge in [-0.15, -0.1) is 0 Å². The number of rotatable bonds is 6. The molecule has 5 aliphatic carbocycles. The van der Waals surface area contributed by atoms with E-state index in [-0.39, 0.29) is 5.41 Å². The zero-order valence-corrected chi connectivity index (χ0v) is 39.8. The van der Waals surface area contributed by atoms with E-state index in [1.807, 2.05) is 0 Å². The smallest absolute Gasteiger partial charge is 0.0726 e. The molecule has 15 rings (SSSR count). The van der Waals surface area contributed by atoms with E-state index in [2.05, 4.69) is 237 Å². The molecular weight excluding hydrogens is 843 g/mol. The van der Waals surface area contributed by atoms with Crippen LogP contribution in [0.15, 0.2) is 218 Å². The standard InChI is InChI=1S/C69H53N/c1-68(2)58-27-10-8-24-55(58)67-62(68)30-16-32-65(67)70(64-31-13-9-23-53(64)54-26-15-20-45-19-14-25-49(66(45)54)44-17-4-3-5-18-44)48-36-37-52-57-41-47(56-40-43-33-34-46(56)39-43)35-38-61(57)69(63(52)42-48)59-28-11-6-21-50(59)51-22-7-12-29-60(51)69/h3-32,35-38,41-43,46,56H,33-34,39-40H2,1-2H3. The number of nitrogens with zero attached hydrogens (tertiary/aromatic N) is 1. The molecule has 0 aromatic heterocycles. The maximum absolute atomic E-state index is 2.64. The monoisotopic (exact) mass is 895 g/mol. The molecule has 0 aliphatic heterocycles. The van der Waals surface area contributed by atoms with Crippen molar-refractivity contribution in [1.82, 2.24) is 0 Å². The minimum atomic E-state index is -0.473. The fraction of sp³-hybridized carbons (Fsp3) is 0.159. The van der Waals surface area contributed by atoms with Crippen molar-refractivity contribution in [2.45, 2.75) is 56.3 Å². The Labute approximate surface area is 411 Å². The molecule has 0 radical (unpaired) electrons. The zero-order valence-electron chi connectivity index (χ0n) is 39.8. The molecule has 2 bridgehead atoms. The van der Waals surface area contributed by atoms with Crippen molar-refractivity contribution in [2.75, 3.05) is 4.90 Å². The van der Waals surface area contributed by atoms with Crippen LogP contribution in [0.2, 0.25) is 0 Å². The van der Waals surface area contributed by atoms with Crippen molar-refractivity contribution < 1.29 is 0 Å². The Bertz CT molecular complexity index is 3750. The van der Waals surface area contributed by atoms with Gasteiger partial charge >= 0.3 is 0 Å². The largest absolute Gasteiger partial charge is 0.309 e. The summed E-state index contributed by atoms with van der Waals surface area (Å²) in [6, 6.07) is 83.7. The van der Waals surface area contributed by atoms with E-state index < -0.39 is 5.41 Å². The van der Waals surface area contributed by atoms with Crippen LogP contribution in [0.1, 0.15) is 84.4 Å². The van der Waals surface area contributed by atoms with E-state index in [0.717, 1.165) is 23.2 Å². The van der Waals surface area contributed by atoms with E-state index in [1.54, 1.807) is 5.56 Å². The summed E-state index contributed by atoms with van der Waals surface area (Å²) in [5.74, 6) is 2.36. The molecule has 10 aromatic rings. The van der Waals surface area contributed by atoms with Gasteiger partial charge in [-0.3, -0.25) is 0 Å². The Kier molecular flexibility index (Phi) is 8.54. The minimum Gasteiger partial charge on any atom is -0.309 e. The highest BCUT2D eigenvalue weighted by Gasteiger charge is 2.52. The van der Waals surface area contributed by atoms with Crippen LogP contribution in [0.25, 0.3) is 66.4 Å². The average molecular weight is 896 g/mol. The number of anilines is 3. The summed E-state index contributed by atoms with van der Waals surface area (Å²) < 4.78 is 0. The van der Waals surface area contributed by atoms with E-state index >= 15 is 0 Å². The minimum absolute atomic E-state index is 0.162. The summed E-state index contributed by atoms with van der Waals surface area (Å²) in [6.07, 6.45) is 5.54. The third kappa shape index (κ3) is 5.44. The number of fused-ring (bicyclic) bond motifs is 16. The maximum Gasteiger partial charge on any atom is 0.0726 e. The van der Waals surface area contributed by atoms with E-state index in [9.17, 15) is 0 Å². The molecule has 3 atom stereocenters. The number of para-hydroxylation sites is 1. The van der Waals surface area contributed by atoms with E-state index in [0.29, 0.717) is 5.92 Å². The number of benzene rings is 10. The van der Waals surface area contributed by atoms with Crippen LogP contribution in [0.4, 0.5) is 17.1 Å². The second kappa shape index (κ2) is 14.9. The van der Waals surface area contributed by atoms with Crippen LogP contribution >= 0.6 is 0 Å². The van der Waals surface area contributed by atoms with Gasteiger partial charge in [0.1, 0.15) is 0 Å². The maximum atomic E-state index is 2.64. The first-order valence-electron chi connectivity index (χ1n) is 25.7. The van der Waals surface area contributed by atoms with Gasteiger partial charge in [-0.2, -0.15) is 0 Å². The van der Waals surface area contributed by atoms with Crippen molar-refractivity contribution in [3.63, 3.8) is 0 Å². The molecule has 5 aliphatic rings. The van der Waals surface area contributed by atoms with Gasteiger partial charge in [0.15, 0.2) is 0 Å². The first-order chi connectivity index (χ1) is 34.5. The third-order valence-corrected chi connectivity index (χ3v) is 17.8. The second-order valence-electron chi connectivity index (χ2n) is 21.5. The van der Waals surface area contributed by atoms with Gasteiger partial charge in [0.25, 0.3) is 0 Å². The summed E-state index contributed by atoms with van der Waals surface area (Å²) >= 11 is 0. The molecule has 0 N–H and O–H groups in total. The molecule has 2 fully saturated rings. The Morgan fingerprint density at radius 3 is 1.74 bits per heavy atom. The van der Waals surface area contributed by atoms with Crippen LogP contribution in [-0.2, 0) is 10.8 Å². The summed E-state index contributed by atoms with van der Waals surface area (Å²) in [7, 11) is 0. The highest BCUT2D eigenvalue weighted by molar-refractivity contribution is 6.10. The lowest BCUT2D eigenvalue weighted by atomic mass is 9.70. The van der Waals surface area contributed by atoms with Crippen molar-refractivity contribution in [2.24, 2.45) is 11.8 Å². The molecular formula is C69H53N. The molecule has 2 saturated carbocycles. The highest BCUT2D eigenvalue weighted by atomic mass is 15.1. The molecule has 334 valence electrons. The quantitative estimate of drug-likeness (QED) is 0.161. The summed E-state index contributed by atoms with van der Waals surface area (Å²) in [5.41, 5.74) is 25.7. The fourth-order valence-corrected chi connectivity index (χ4v) is 14.8. The van der Waals surface area contributed by atoms with Gasteiger partial charge in [-0.1, -0.05) is 214 Å². The van der Waals surface area contributed by atoms with Gasteiger partial charge in [-0.25, -0.2) is 0 Å². The molecule has 1 heteroatoms. The third-order valence-electron chi connectivity index (χ3n) is 17.8. The molecule has 10 aromatic carbocycles. The van der Waals surface area contributed by atoms with Crippen molar-refractivity contribution >= 4 is 27.8 Å². The van der Waals surface area contributed by atoms with Gasteiger partial charge in [0.05, 0.1) is 16.8 Å². The number of hydrogen-bond donors (Lipinski definition) is 0. The predicted molar refractivity (Wildman–Crippen MR) is 292 cm³/mol. The lowest BCUT2D eigenvalue weighted by Crippen LogP contribution is -2.26.